The molecule has 428 valence electrons. The second kappa shape index (κ2) is 20.9. The third-order valence-corrected chi connectivity index (χ3v) is 19.2. The molecule has 0 amide bonds. The third kappa shape index (κ3) is 10.0. The summed E-state index contributed by atoms with van der Waals surface area (Å²) in [6.07, 6.45) is 7.06. The second-order valence-corrected chi connectivity index (χ2v) is 29.0. The predicted molar refractivity (Wildman–Crippen MR) is 346 cm³/mol. The second-order valence-electron chi connectivity index (χ2n) is 29.0. The molecule has 1 saturated carbocycles. The maximum Gasteiger partial charge on any atom is 0.149 e. The van der Waals surface area contributed by atoms with Crippen LogP contribution in [0.5, 0.6) is 5.75 Å². The van der Waals surface area contributed by atoms with Crippen LogP contribution in [-0.2, 0) is 42.7 Å². The van der Waals surface area contributed by atoms with Gasteiger partial charge in [-0.25, -0.2) is 4.98 Å². The van der Waals surface area contributed by atoms with Crippen LogP contribution in [0.3, 0.4) is 0 Å². The van der Waals surface area contributed by atoms with Crippen LogP contribution in [0.1, 0.15) is 204 Å². The molecule has 0 spiro atoms. The van der Waals surface area contributed by atoms with Gasteiger partial charge in [0.15, 0.2) is 0 Å². The van der Waals surface area contributed by atoms with Gasteiger partial charge in [0.25, 0.3) is 0 Å². The molecule has 3 aliphatic carbocycles. The number of fused-ring (bicyclic) bond motifs is 6. The molecule has 0 atom stereocenters. The summed E-state index contributed by atoms with van der Waals surface area (Å²) in [5, 5.41) is 13.0. The summed E-state index contributed by atoms with van der Waals surface area (Å²) in [4.78, 5) is 11.0. The zero-order valence-electron chi connectivity index (χ0n) is 52.0. The number of phenols is 1. The topological polar surface area (TPSA) is 50.9 Å². The van der Waals surface area contributed by atoms with Crippen LogP contribution >= 0.6 is 0 Å². The molecular formula is C78H84N3OPt-. The van der Waals surface area contributed by atoms with Crippen LogP contribution in [0.2, 0.25) is 0 Å². The van der Waals surface area contributed by atoms with Crippen molar-refractivity contribution in [3.05, 3.63) is 207 Å². The Bertz CT molecular complexity index is 3980. The van der Waals surface area contributed by atoms with Gasteiger partial charge in [0.05, 0.1) is 22.3 Å². The normalized spacial score (nSPS) is 16.4. The third-order valence-electron chi connectivity index (χ3n) is 19.2. The van der Waals surface area contributed by atoms with Crippen LogP contribution in [-0.4, -0.2) is 19.6 Å². The van der Waals surface area contributed by atoms with E-state index < -0.39 is 0 Å². The SMILES string of the molecule is CC(C)c1cc(-c2ccc(-c3ccc(C4CCC(C)(C)CC4)cc3)cc2)cc(C(C)C)c1-n1c(-c2cc(C(C)(C)C)cc(C(C)(C)C)c2O)nc2c3c(ccc21)C(C)(C)C1=C3c2[c-]c(-c3cc(-c4ccccc4)ccn3)ccc2C1(C)C.[Pt]. The van der Waals surface area contributed by atoms with E-state index in [0.29, 0.717) is 11.3 Å². The molecule has 0 unspecified atom stereocenters. The van der Waals surface area contributed by atoms with Gasteiger partial charge in [0.1, 0.15) is 11.6 Å². The molecule has 3 aliphatic rings. The molecule has 2 aromatic heterocycles. The minimum absolute atomic E-state index is 0. The van der Waals surface area contributed by atoms with Crippen molar-refractivity contribution in [2.24, 2.45) is 5.41 Å². The van der Waals surface area contributed by atoms with Gasteiger partial charge in [0, 0.05) is 43.9 Å². The van der Waals surface area contributed by atoms with Crippen molar-refractivity contribution in [1.29, 1.82) is 0 Å². The van der Waals surface area contributed by atoms with Crippen molar-refractivity contribution in [2.45, 2.75) is 176 Å². The van der Waals surface area contributed by atoms with Gasteiger partial charge in [-0.15, -0.1) is 29.3 Å². The Hall–Kier alpha value is -6.61. The molecule has 0 aliphatic heterocycles. The monoisotopic (exact) mass is 1270 g/mol. The number of nitrogens with zero attached hydrogens (tertiary/aromatic N) is 3. The standard InChI is InChI=1S/C78H84N3O.Pt/c1-46(2)58-41-56(52-28-26-50(27-29-52)49-22-24-51(25-23-49)53-34-37-76(11,12)38-35-53)42-59(47(3)4)70(58)81-66-33-32-63-68(69(66)80-73(81)61-44-57(74(5,6)7)45-64(71(61)82)75(8,9)10)67-60-40-55(30-31-62(60)77(13,14)72(67)78(63,15)16)65-43-54(36-39-79-65)48-20-18-17-19-21-48;/h17-33,36,39,41-47,53,82H,34-35,37-38H2,1-16H3;/q-1;. The van der Waals surface area contributed by atoms with E-state index in [0.717, 1.165) is 72.7 Å². The number of phenolic OH excluding ortho intramolecular Hbond substituents is 1. The van der Waals surface area contributed by atoms with Gasteiger partial charge >= 0.3 is 0 Å². The van der Waals surface area contributed by atoms with Crippen molar-refractivity contribution in [1.82, 2.24) is 14.5 Å². The van der Waals surface area contributed by atoms with Crippen molar-refractivity contribution in [3.63, 3.8) is 0 Å². The minimum Gasteiger partial charge on any atom is -0.507 e. The molecule has 1 N–H and O–H groups in total. The average Bonchev–Trinajstić information content (AvgIpc) is 1.61. The first-order valence-corrected chi connectivity index (χ1v) is 30.4. The quantitative estimate of drug-likeness (QED) is 0.147. The summed E-state index contributed by atoms with van der Waals surface area (Å²) >= 11 is 0. The summed E-state index contributed by atoms with van der Waals surface area (Å²) in [5.74, 6) is 1.99. The molecule has 0 saturated heterocycles. The largest absolute Gasteiger partial charge is 0.507 e. The molecule has 7 aromatic carbocycles. The Labute approximate surface area is 510 Å². The number of hydrogen-bond donors (Lipinski definition) is 1. The average molecular weight is 1270 g/mol. The first kappa shape index (κ1) is 58.2. The van der Waals surface area contributed by atoms with Gasteiger partial charge < -0.3 is 5.11 Å². The molecule has 0 radical (unpaired) electrons. The van der Waals surface area contributed by atoms with Crippen LogP contribution in [0.15, 0.2) is 151 Å². The first-order valence-electron chi connectivity index (χ1n) is 30.4. The fraction of sp³-hybridized carbons (Fsp3) is 0.359. The van der Waals surface area contributed by atoms with E-state index in [1.165, 1.54) is 86.9 Å². The number of benzene rings is 7. The number of aromatic hydroxyl groups is 1. The molecule has 4 nitrogen and oxygen atoms in total. The Morgan fingerprint density at radius 3 is 1.76 bits per heavy atom. The Morgan fingerprint density at radius 2 is 1.17 bits per heavy atom. The summed E-state index contributed by atoms with van der Waals surface area (Å²) in [5.41, 5.74) is 25.7. The van der Waals surface area contributed by atoms with Crippen molar-refractivity contribution in [3.8, 4) is 67.5 Å². The summed E-state index contributed by atoms with van der Waals surface area (Å²) in [6, 6.07) is 56.1. The molecule has 0 bridgehead atoms. The fourth-order valence-electron chi connectivity index (χ4n) is 14.5. The molecular weight excluding hydrogens is 1190 g/mol. The number of allylic oxidation sites excluding steroid dienone is 1. The zero-order valence-corrected chi connectivity index (χ0v) is 54.3. The van der Waals surface area contributed by atoms with Crippen LogP contribution in [0, 0.1) is 11.5 Å². The van der Waals surface area contributed by atoms with E-state index in [9.17, 15) is 5.11 Å². The van der Waals surface area contributed by atoms with Crippen molar-refractivity contribution >= 4 is 16.6 Å². The predicted octanol–water partition coefficient (Wildman–Crippen LogP) is 21.2. The maximum atomic E-state index is 13.0. The first-order chi connectivity index (χ1) is 38.7. The molecule has 1 fully saturated rings. The summed E-state index contributed by atoms with van der Waals surface area (Å²) in [7, 11) is 0. The Morgan fingerprint density at radius 1 is 0.602 bits per heavy atom. The van der Waals surface area contributed by atoms with Gasteiger partial charge in [-0.05, 0) is 162 Å². The van der Waals surface area contributed by atoms with E-state index in [-0.39, 0.29) is 60.3 Å². The fourth-order valence-corrected chi connectivity index (χ4v) is 14.5. The number of pyridine rings is 1. The summed E-state index contributed by atoms with van der Waals surface area (Å²) in [6.45, 7) is 37.2. The summed E-state index contributed by atoms with van der Waals surface area (Å²) < 4.78 is 2.45. The van der Waals surface area contributed by atoms with E-state index in [4.69, 9.17) is 9.97 Å². The van der Waals surface area contributed by atoms with Crippen LogP contribution < -0.4 is 0 Å². The zero-order chi connectivity index (χ0) is 58.2. The molecule has 2 heterocycles. The van der Waals surface area contributed by atoms with Gasteiger partial charge in [-0.3, -0.25) is 9.55 Å². The minimum atomic E-state index is -0.344. The molecule has 9 aromatic rings. The van der Waals surface area contributed by atoms with Crippen LogP contribution in [0.4, 0.5) is 0 Å². The number of imidazole rings is 1. The van der Waals surface area contributed by atoms with E-state index in [1.54, 1.807) is 0 Å². The number of rotatable bonds is 9. The Balaban J connectivity index is 0.00000721. The van der Waals surface area contributed by atoms with Crippen molar-refractivity contribution < 1.29 is 26.2 Å². The van der Waals surface area contributed by atoms with Gasteiger partial charge in [-0.2, -0.15) is 0 Å². The van der Waals surface area contributed by atoms with E-state index >= 15 is 0 Å². The van der Waals surface area contributed by atoms with Gasteiger partial charge in [-0.1, -0.05) is 225 Å². The van der Waals surface area contributed by atoms with Crippen LogP contribution in [0.25, 0.3) is 78.3 Å². The number of hydrogen-bond acceptors (Lipinski definition) is 3. The molecule has 83 heavy (non-hydrogen) atoms. The molecule has 5 heteroatoms. The van der Waals surface area contributed by atoms with E-state index in [1.807, 2.05) is 6.20 Å². The Kier molecular flexibility index (Phi) is 14.6. The maximum absolute atomic E-state index is 13.0. The number of aromatic nitrogens is 3. The molecule has 12 rings (SSSR count). The smallest absolute Gasteiger partial charge is 0.149 e. The van der Waals surface area contributed by atoms with Gasteiger partial charge in [0.2, 0.25) is 0 Å². The van der Waals surface area contributed by atoms with Crippen molar-refractivity contribution in [2.75, 3.05) is 0 Å². The van der Waals surface area contributed by atoms with E-state index in [2.05, 4.69) is 261 Å².